The van der Waals surface area contributed by atoms with Gasteiger partial charge in [0.05, 0.1) is 18.4 Å². The maximum absolute atomic E-state index is 12.3. The maximum Gasteiger partial charge on any atom is 0.341 e. The molecule has 1 aliphatic carbocycles. The van der Waals surface area contributed by atoms with Gasteiger partial charge in [-0.15, -0.1) is 21.5 Å². The summed E-state index contributed by atoms with van der Waals surface area (Å²) in [6.07, 6.45) is 2.86. The van der Waals surface area contributed by atoms with Crippen LogP contribution in [0.3, 0.4) is 0 Å². The molecule has 0 bridgehead atoms. The summed E-state index contributed by atoms with van der Waals surface area (Å²) < 4.78 is 6.85. The molecule has 0 saturated heterocycles. The first kappa shape index (κ1) is 17.9. The number of carbonyl (C=O) groups is 2. The van der Waals surface area contributed by atoms with E-state index in [1.54, 1.807) is 0 Å². The SMILES string of the molecule is CCn1c(C)nnc1SCC(=O)Nc1sc2c(c1C(=O)OC)CCC2. The molecule has 25 heavy (non-hydrogen) atoms. The first-order chi connectivity index (χ1) is 12.0. The van der Waals surface area contributed by atoms with Crippen molar-refractivity contribution in [3.05, 3.63) is 21.8 Å². The second kappa shape index (κ2) is 7.57. The monoisotopic (exact) mass is 380 g/mol. The van der Waals surface area contributed by atoms with Crippen molar-refractivity contribution in [1.29, 1.82) is 0 Å². The highest BCUT2D eigenvalue weighted by molar-refractivity contribution is 7.99. The third-order valence-corrected chi connectivity index (χ3v) is 6.29. The fraction of sp³-hybridized carbons (Fsp3) is 0.500. The maximum atomic E-state index is 12.3. The normalized spacial score (nSPS) is 12.9. The quantitative estimate of drug-likeness (QED) is 0.612. The van der Waals surface area contributed by atoms with E-state index in [-0.39, 0.29) is 17.6 Å². The van der Waals surface area contributed by atoms with Gasteiger partial charge in [0.15, 0.2) is 5.16 Å². The van der Waals surface area contributed by atoms with Crippen LogP contribution in [-0.2, 0) is 28.9 Å². The summed E-state index contributed by atoms with van der Waals surface area (Å²) in [4.78, 5) is 25.6. The van der Waals surface area contributed by atoms with Crippen molar-refractivity contribution >= 4 is 40.0 Å². The van der Waals surface area contributed by atoms with E-state index in [1.165, 1.54) is 35.1 Å². The summed E-state index contributed by atoms with van der Waals surface area (Å²) >= 11 is 2.82. The molecular formula is C16H20N4O3S2. The average Bonchev–Trinajstić information content (AvgIpc) is 3.26. The number of hydrogen-bond acceptors (Lipinski definition) is 7. The second-order valence-electron chi connectivity index (χ2n) is 5.66. The molecule has 9 heteroatoms. The van der Waals surface area contributed by atoms with E-state index < -0.39 is 0 Å². The third kappa shape index (κ3) is 3.57. The molecule has 2 aromatic rings. The molecule has 1 aliphatic rings. The van der Waals surface area contributed by atoms with E-state index >= 15 is 0 Å². The van der Waals surface area contributed by atoms with Gasteiger partial charge in [0, 0.05) is 11.4 Å². The minimum absolute atomic E-state index is 0.168. The van der Waals surface area contributed by atoms with Crippen LogP contribution in [0, 0.1) is 6.92 Å². The van der Waals surface area contributed by atoms with Gasteiger partial charge in [0.1, 0.15) is 10.8 Å². The van der Waals surface area contributed by atoms with Crippen molar-refractivity contribution in [3.8, 4) is 0 Å². The summed E-state index contributed by atoms with van der Waals surface area (Å²) in [6.45, 7) is 4.65. The lowest BCUT2D eigenvalue weighted by Gasteiger charge is -2.07. The Morgan fingerprint density at radius 1 is 1.36 bits per heavy atom. The number of hydrogen-bond donors (Lipinski definition) is 1. The number of carbonyl (C=O) groups excluding carboxylic acids is 2. The zero-order valence-electron chi connectivity index (χ0n) is 14.4. The van der Waals surface area contributed by atoms with Crippen LogP contribution in [0.5, 0.6) is 0 Å². The summed E-state index contributed by atoms with van der Waals surface area (Å²) in [6, 6.07) is 0. The number of ether oxygens (including phenoxy) is 1. The van der Waals surface area contributed by atoms with Gasteiger partial charge in [0.2, 0.25) is 5.91 Å². The fourth-order valence-electron chi connectivity index (χ4n) is 2.94. The number of anilines is 1. The molecule has 0 saturated carbocycles. The highest BCUT2D eigenvalue weighted by Gasteiger charge is 2.28. The molecule has 0 aliphatic heterocycles. The Hall–Kier alpha value is -1.87. The van der Waals surface area contributed by atoms with Crippen LogP contribution in [0.1, 0.15) is 40.0 Å². The number of fused-ring (bicyclic) bond motifs is 1. The number of rotatable bonds is 6. The number of esters is 1. The first-order valence-electron chi connectivity index (χ1n) is 8.10. The minimum atomic E-state index is -0.385. The summed E-state index contributed by atoms with van der Waals surface area (Å²) in [7, 11) is 1.36. The topological polar surface area (TPSA) is 86.1 Å². The molecule has 3 rings (SSSR count). The van der Waals surface area contributed by atoms with E-state index in [9.17, 15) is 9.59 Å². The predicted octanol–water partition coefficient (Wildman–Crippen LogP) is 2.67. The van der Waals surface area contributed by atoms with Gasteiger partial charge >= 0.3 is 5.97 Å². The lowest BCUT2D eigenvalue weighted by Crippen LogP contribution is -2.16. The fourth-order valence-corrected chi connectivity index (χ4v) is 5.08. The van der Waals surface area contributed by atoms with Gasteiger partial charge in [-0.25, -0.2) is 4.79 Å². The molecule has 134 valence electrons. The van der Waals surface area contributed by atoms with Crippen LogP contribution in [0.25, 0.3) is 0 Å². The minimum Gasteiger partial charge on any atom is -0.465 e. The van der Waals surface area contributed by atoms with E-state index in [0.717, 1.165) is 42.4 Å². The molecule has 0 fully saturated rings. The Balaban J connectivity index is 1.70. The van der Waals surface area contributed by atoms with E-state index in [1.807, 2.05) is 18.4 Å². The lowest BCUT2D eigenvalue weighted by molar-refractivity contribution is -0.113. The number of methoxy groups -OCH3 is 1. The smallest absolute Gasteiger partial charge is 0.341 e. The number of aryl methyl sites for hydroxylation is 2. The molecule has 0 spiro atoms. The van der Waals surface area contributed by atoms with Crippen molar-refractivity contribution < 1.29 is 14.3 Å². The Morgan fingerprint density at radius 3 is 2.88 bits per heavy atom. The Morgan fingerprint density at radius 2 is 2.16 bits per heavy atom. The van der Waals surface area contributed by atoms with Crippen molar-refractivity contribution in [2.45, 2.75) is 44.8 Å². The number of nitrogens with one attached hydrogen (secondary N) is 1. The molecule has 2 heterocycles. The molecular weight excluding hydrogens is 360 g/mol. The Bertz CT molecular complexity index is 813. The zero-order chi connectivity index (χ0) is 18.0. The summed E-state index contributed by atoms with van der Waals surface area (Å²) in [5.41, 5.74) is 1.55. The molecule has 0 radical (unpaired) electrons. The van der Waals surface area contributed by atoms with Crippen molar-refractivity contribution in [1.82, 2.24) is 14.8 Å². The zero-order valence-corrected chi connectivity index (χ0v) is 16.1. The second-order valence-corrected chi connectivity index (χ2v) is 7.71. The molecule has 1 amide bonds. The van der Waals surface area contributed by atoms with Gasteiger partial charge in [-0.3, -0.25) is 4.79 Å². The molecule has 0 aromatic carbocycles. The molecule has 0 unspecified atom stereocenters. The lowest BCUT2D eigenvalue weighted by atomic mass is 10.1. The number of aromatic nitrogens is 3. The van der Waals surface area contributed by atoms with Crippen LogP contribution in [0.4, 0.5) is 5.00 Å². The van der Waals surface area contributed by atoms with Gasteiger partial charge in [0.25, 0.3) is 0 Å². The van der Waals surface area contributed by atoms with Crippen molar-refractivity contribution in [2.75, 3.05) is 18.2 Å². The van der Waals surface area contributed by atoms with E-state index in [4.69, 9.17) is 4.74 Å². The van der Waals surface area contributed by atoms with Crippen LogP contribution >= 0.6 is 23.1 Å². The first-order valence-corrected chi connectivity index (χ1v) is 9.90. The Labute approximate surface area is 154 Å². The number of nitrogens with zero attached hydrogens (tertiary/aromatic N) is 3. The molecule has 7 nitrogen and oxygen atoms in total. The molecule has 1 N–H and O–H groups in total. The highest BCUT2D eigenvalue weighted by atomic mass is 32.2. The van der Waals surface area contributed by atoms with E-state index in [0.29, 0.717) is 10.6 Å². The molecule has 0 atom stereocenters. The third-order valence-electron chi connectivity index (χ3n) is 4.11. The largest absolute Gasteiger partial charge is 0.465 e. The van der Waals surface area contributed by atoms with Crippen LogP contribution in [0.15, 0.2) is 5.16 Å². The van der Waals surface area contributed by atoms with Gasteiger partial charge in [-0.05, 0) is 38.7 Å². The van der Waals surface area contributed by atoms with Crippen LogP contribution < -0.4 is 5.32 Å². The predicted molar refractivity (Wildman–Crippen MR) is 97.5 cm³/mol. The highest BCUT2D eigenvalue weighted by Crippen LogP contribution is 2.39. The van der Waals surface area contributed by atoms with Gasteiger partial charge in [-0.2, -0.15) is 0 Å². The average molecular weight is 380 g/mol. The van der Waals surface area contributed by atoms with Crippen molar-refractivity contribution in [2.24, 2.45) is 0 Å². The number of thiophene rings is 1. The Kier molecular flexibility index (Phi) is 5.43. The van der Waals surface area contributed by atoms with Gasteiger partial charge < -0.3 is 14.6 Å². The number of thioether (sulfide) groups is 1. The number of amides is 1. The standard InChI is InChI=1S/C16H20N4O3S2/c1-4-20-9(2)18-19-16(20)24-8-12(21)17-14-13(15(22)23-3)10-6-5-7-11(10)25-14/h4-8H2,1-3H3,(H,17,21). The van der Waals surface area contributed by atoms with Gasteiger partial charge in [-0.1, -0.05) is 11.8 Å². The van der Waals surface area contributed by atoms with Crippen LogP contribution in [-0.4, -0.2) is 39.5 Å². The molecule has 2 aromatic heterocycles. The van der Waals surface area contributed by atoms with Crippen LogP contribution in [0.2, 0.25) is 0 Å². The van der Waals surface area contributed by atoms with Crippen molar-refractivity contribution in [3.63, 3.8) is 0 Å². The summed E-state index contributed by atoms with van der Waals surface area (Å²) in [5.74, 6) is 0.483. The van der Waals surface area contributed by atoms with E-state index in [2.05, 4.69) is 15.5 Å². The summed E-state index contributed by atoms with van der Waals surface area (Å²) in [5, 5.41) is 12.3.